The molecule has 2 atom stereocenters. The first-order valence-electron chi connectivity index (χ1n) is 8.97. The highest BCUT2D eigenvalue weighted by Gasteiger charge is 2.33. The number of rotatable bonds is 12. The molecule has 154 valence electrons. The van der Waals surface area contributed by atoms with Crippen molar-refractivity contribution >= 4 is 32.8 Å². The number of unbranched alkanes of at least 4 members (excludes halogenated alkanes) is 1. The lowest BCUT2D eigenvalue weighted by Gasteiger charge is -2.26. The summed E-state index contributed by atoms with van der Waals surface area (Å²) in [6.07, 6.45) is 0.940. The molecule has 1 N–H and O–H groups in total. The Labute approximate surface area is 168 Å². The summed E-state index contributed by atoms with van der Waals surface area (Å²) >= 11 is 0. The van der Waals surface area contributed by atoms with Crippen LogP contribution in [0.2, 0.25) is 0 Å². The molecule has 0 heterocycles. The van der Waals surface area contributed by atoms with Crippen molar-refractivity contribution < 1.29 is 28.5 Å². The zero-order chi connectivity index (χ0) is 19.6. The fourth-order valence-corrected chi connectivity index (χ4v) is 4.50. The van der Waals surface area contributed by atoms with Gasteiger partial charge in [0.2, 0.25) is 13.7 Å². The number of carbonyl (C=O) groups is 2. The van der Waals surface area contributed by atoms with Gasteiger partial charge >= 0.3 is 11.9 Å². The van der Waals surface area contributed by atoms with E-state index in [1.165, 1.54) is 5.56 Å². The third-order valence-corrected chi connectivity index (χ3v) is 6.15. The Bertz CT molecular complexity index is 620. The van der Waals surface area contributed by atoms with Crippen LogP contribution in [0.4, 0.5) is 0 Å². The third-order valence-electron chi connectivity index (χ3n) is 3.81. The molecular formula is C19H31O6PS. The van der Waals surface area contributed by atoms with E-state index in [0.717, 1.165) is 12.8 Å². The van der Waals surface area contributed by atoms with Gasteiger partial charge in [0.15, 0.2) is 0 Å². The topological polar surface area (TPSA) is 89.9 Å². The van der Waals surface area contributed by atoms with E-state index in [4.69, 9.17) is 14.4 Å². The Kier molecular flexibility index (Phi) is 12.4. The molecule has 6 nitrogen and oxygen atoms in total. The van der Waals surface area contributed by atoms with E-state index in [1.54, 1.807) is 20.8 Å². The Morgan fingerprint density at radius 1 is 1.15 bits per heavy atom. The van der Waals surface area contributed by atoms with Crippen LogP contribution < -0.4 is 0 Å². The van der Waals surface area contributed by atoms with Crippen molar-refractivity contribution in [2.45, 2.75) is 52.7 Å². The summed E-state index contributed by atoms with van der Waals surface area (Å²) in [5, 5.41) is 9.10. The lowest BCUT2D eigenvalue weighted by Crippen LogP contribution is -2.27. The zero-order valence-electron chi connectivity index (χ0n) is 16.2. The maximum absolute atomic E-state index is 13.0. The van der Waals surface area contributed by atoms with Crippen molar-refractivity contribution in [1.82, 2.24) is 0 Å². The largest absolute Gasteiger partial charge is 0.481 e. The van der Waals surface area contributed by atoms with Gasteiger partial charge in [-0.15, -0.1) is 0 Å². The summed E-state index contributed by atoms with van der Waals surface area (Å²) in [5.41, 5.74) is 1.18. The highest BCUT2D eigenvalue weighted by atomic mass is 32.1. The molecule has 1 unspecified atom stereocenters. The minimum absolute atomic E-state index is 0. The molecule has 0 aliphatic rings. The van der Waals surface area contributed by atoms with Crippen molar-refractivity contribution in [2.75, 3.05) is 12.3 Å². The van der Waals surface area contributed by atoms with E-state index in [2.05, 4.69) is 0 Å². The maximum atomic E-state index is 13.0. The predicted molar refractivity (Wildman–Crippen MR) is 111 cm³/mol. The fourth-order valence-electron chi connectivity index (χ4n) is 2.38. The van der Waals surface area contributed by atoms with Crippen LogP contribution in [0.25, 0.3) is 0 Å². The second kappa shape index (κ2) is 13.0. The molecule has 0 radical (unpaired) electrons. The minimum Gasteiger partial charge on any atom is -0.481 e. The van der Waals surface area contributed by atoms with E-state index >= 15 is 0 Å². The van der Waals surface area contributed by atoms with Gasteiger partial charge in [0.25, 0.3) is 0 Å². The molecule has 1 rings (SSSR count). The monoisotopic (exact) mass is 418 g/mol. The van der Waals surface area contributed by atoms with Crippen LogP contribution in [0.15, 0.2) is 30.3 Å². The van der Waals surface area contributed by atoms with E-state index in [1.807, 2.05) is 30.3 Å². The summed E-state index contributed by atoms with van der Waals surface area (Å²) in [7, 11) is -3.45. The summed E-state index contributed by atoms with van der Waals surface area (Å²) in [6.45, 7) is 5.20. The van der Waals surface area contributed by atoms with Crippen LogP contribution in [0.3, 0.4) is 0 Å². The number of esters is 1. The molecule has 0 aromatic heterocycles. The van der Waals surface area contributed by atoms with Crippen LogP contribution in [0.5, 0.6) is 0 Å². The molecule has 0 fully saturated rings. The Hall–Kier alpha value is -1.30. The smallest absolute Gasteiger partial charge is 0.313 e. The summed E-state index contributed by atoms with van der Waals surface area (Å²) in [5.74, 6) is -1.87. The third kappa shape index (κ3) is 10.6. The van der Waals surface area contributed by atoms with Gasteiger partial charge in [-0.2, -0.15) is 13.5 Å². The lowest BCUT2D eigenvalue weighted by molar-refractivity contribution is -0.169. The van der Waals surface area contributed by atoms with Crippen molar-refractivity contribution in [3.05, 3.63) is 35.9 Å². The molecular weight excluding hydrogens is 387 g/mol. The average Bonchev–Trinajstić information content (AvgIpc) is 2.58. The second-order valence-corrected chi connectivity index (χ2v) is 9.20. The highest BCUT2D eigenvalue weighted by Crippen LogP contribution is 2.49. The van der Waals surface area contributed by atoms with Gasteiger partial charge in [0.1, 0.15) is 6.16 Å². The maximum Gasteiger partial charge on any atom is 0.313 e. The van der Waals surface area contributed by atoms with Crippen LogP contribution in [-0.4, -0.2) is 35.7 Å². The number of hydrogen-bond acceptors (Lipinski definition) is 5. The van der Waals surface area contributed by atoms with Gasteiger partial charge < -0.3 is 9.84 Å². The van der Waals surface area contributed by atoms with E-state index in [9.17, 15) is 14.2 Å². The standard InChI is InChI=1S/C19H29O6P.H2S/c1-4-18(22)24-19(15(2)3)25-26(23,14-17(20)21)13-9-8-12-16-10-6-5-7-11-16;/h5-7,10-11,15,19H,4,8-9,12-14H2,1-3H3,(H,20,21);1H2/t19-,26?;/m1./s1. The molecule has 1 aromatic rings. The number of benzene rings is 1. The summed E-state index contributed by atoms with van der Waals surface area (Å²) < 4.78 is 23.8. The van der Waals surface area contributed by atoms with Crippen molar-refractivity contribution in [3.63, 3.8) is 0 Å². The lowest BCUT2D eigenvalue weighted by atomic mass is 10.1. The fraction of sp³-hybridized carbons (Fsp3) is 0.579. The van der Waals surface area contributed by atoms with Gasteiger partial charge in [-0.05, 0) is 24.8 Å². The van der Waals surface area contributed by atoms with Crippen LogP contribution in [0, 0.1) is 5.92 Å². The predicted octanol–water partition coefficient (Wildman–Crippen LogP) is 4.44. The molecule has 0 aliphatic heterocycles. The van der Waals surface area contributed by atoms with E-state index < -0.39 is 31.8 Å². The normalized spacial score (nSPS) is 14.1. The molecule has 0 bridgehead atoms. The van der Waals surface area contributed by atoms with Gasteiger partial charge in [0.05, 0.1) is 0 Å². The second-order valence-electron chi connectivity index (χ2n) is 6.59. The van der Waals surface area contributed by atoms with Crippen molar-refractivity contribution in [2.24, 2.45) is 5.92 Å². The van der Waals surface area contributed by atoms with E-state index in [-0.39, 0.29) is 32.0 Å². The van der Waals surface area contributed by atoms with Gasteiger partial charge in [-0.1, -0.05) is 51.1 Å². The Balaban J connectivity index is 0.00000676. The quantitative estimate of drug-likeness (QED) is 0.234. The summed E-state index contributed by atoms with van der Waals surface area (Å²) in [4.78, 5) is 22.7. The molecule has 1 aromatic carbocycles. The molecule has 0 saturated heterocycles. The number of carboxylic acids is 1. The first kappa shape index (κ1) is 25.7. The average molecular weight is 418 g/mol. The highest BCUT2D eigenvalue weighted by molar-refractivity contribution is 7.60. The summed E-state index contributed by atoms with van der Waals surface area (Å²) in [6, 6.07) is 9.91. The Morgan fingerprint density at radius 2 is 1.78 bits per heavy atom. The first-order valence-corrected chi connectivity index (χ1v) is 11.0. The van der Waals surface area contributed by atoms with Gasteiger partial charge in [-0.3, -0.25) is 18.7 Å². The van der Waals surface area contributed by atoms with Crippen molar-refractivity contribution in [1.29, 1.82) is 0 Å². The zero-order valence-corrected chi connectivity index (χ0v) is 18.1. The number of hydrogen-bond donors (Lipinski definition) is 1. The van der Waals surface area contributed by atoms with Gasteiger partial charge in [-0.25, -0.2) is 0 Å². The molecule has 8 heteroatoms. The first-order chi connectivity index (χ1) is 12.3. The van der Waals surface area contributed by atoms with Crippen LogP contribution >= 0.6 is 20.9 Å². The molecule has 0 saturated carbocycles. The van der Waals surface area contributed by atoms with Crippen molar-refractivity contribution in [3.8, 4) is 0 Å². The van der Waals surface area contributed by atoms with Crippen LogP contribution in [-0.2, 0) is 29.8 Å². The molecule has 0 spiro atoms. The number of ether oxygens (including phenoxy) is 1. The number of carboxylic acid groups (broad SMARTS) is 1. The van der Waals surface area contributed by atoms with Crippen LogP contribution in [0.1, 0.15) is 45.6 Å². The number of aliphatic carboxylic acids is 1. The number of aryl methyl sites for hydroxylation is 1. The minimum atomic E-state index is -3.45. The molecule has 0 amide bonds. The number of carbonyl (C=O) groups excluding carboxylic acids is 1. The molecule has 0 aliphatic carbocycles. The Morgan fingerprint density at radius 3 is 2.30 bits per heavy atom. The van der Waals surface area contributed by atoms with E-state index in [0.29, 0.717) is 6.42 Å². The molecule has 27 heavy (non-hydrogen) atoms. The SMILES string of the molecule is CCC(=O)O[C@H](OP(=O)(CCCCc1ccccc1)CC(=O)O)C(C)C.S. The van der Waals surface area contributed by atoms with Gasteiger partial charge in [0, 0.05) is 18.5 Å².